The summed E-state index contributed by atoms with van der Waals surface area (Å²) in [5.41, 5.74) is 11.4. The molecule has 1 rings (SSSR count). The molecule has 0 radical (unpaired) electrons. The SMILES string of the molecule is CNC(CC(C)N)c1ccc(C)c(C)c1C. The van der Waals surface area contributed by atoms with Crippen LogP contribution in [0.1, 0.15) is 41.6 Å². The van der Waals surface area contributed by atoms with Gasteiger partial charge in [0.25, 0.3) is 0 Å². The predicted octanol–water partition coefficient (Wildman–Crippen LogP) is 2.61. The van der Waals surface area contributed by atoms with Gasteiger partial charge in [-0.2, -0.15) is 0 Å². The average Bonchev–Trinajstić information content (AvgIpc) is 2.23. The van der Waals surface area contributed by atoms with E-state index in [4.69, 9.17) is 5.73 Å². The van der Waals surface area contributed by atoms with E-state index < -0.39 is 0 Å². The van der Waals surface area contributed by atoms with Crippen LogP contribution in [0.2, 0.25) is 0 Å². The maximum atomic E-state index is 5.88. The van der Waals surface area contributed by atoms with E-state index in [-0.39, 0.29) is 6.04 Å². The molecule has 2 atom stereocenters. The van der Waals surface area contributed by atoms with Crippen molar-refractivity contribution in [3.8, 4) is 0 Å². The van der Waals surface area contributed by atoms with Crippen LogP contribution in [0.5, 0.6) is 0 Å². The second kappa shape index (κ2) is 5.46. The zero-order chi connectivity index (χ0) is 12.3. The van der Waals surface area contributed by atoms with Crippen LogP contribution < -0.4 is 11.1 Å². The largest absolute Gasteiger partial charge is 0.328 e. The van der Waals surface area contributed by atoms with E-state index >= 15 is 0 Å². The van der Waals surface area contributed by atoms with Gasteiger partial charge in [0, 0.05) is 12.1 Å². The molecule has 16 heavy (non-hydrogen) atoms. The van der Waals surface area contributed by atoms with Crippen molar-refractivity contribution >= 4 is 0 Å². The summed E-state index contributed by atoms with van der Waals surface area (Å²) >= 11 is 0. The lowest BCUT2D eigenvalue weighted by molar-refractivity contribution is 0.497. The van der Waals surface area contributed by atoms with Crippen LogP contribution in [-0.2, 0) is 0 Å². The Morgan fingerprint density at radius 3 is 2.31 bits per heavy atom. The number of benzene rings is 1. The van der Waals surface area contributed by atoms with E-state index in [0.29, 0.717) is 6.04 Å². The Bertz CT molecular complexity index is 356. The normalized spacial score (nSPS) is 14.9. The maximum Gasteiger partial charge on any atom is 0.0334 e. The third kappa shape index (κ3) is 2.83. The molecule has 2 nitrogen and oxygen atoms in total. The van der Waals surface area contributed by atoms with Gasteiger partial charge in [0.15, 0.2) is 0 Å². The van der Waals surface area contributed by atoms with Gasteiger partial charge in [-0.15, -0.1) is 0 Å². The van der Waals surface area contributed by atoms with Gasteiger partial charge >= 0.3 is 0 Å². The van der Waals surface area contributed by atoms with Crippen molar-refractivity contribution in [2.45, 2.75) is 46.2 Å². The molecule has 0 aliphatic rings. The fraction of sp³-hybridized carbons (Fsp3) is 0.571. The quantitative estimate of drug-likeness (QED) is 0.818. The standard InChI is InChI=1S/C14H24N2/c1-9-6-7-13(12(4)11(9)3)14(16-5)8-10(2)15/h6-7,10,14,16H,8,15H2,1-5H3. The summed E-state index contributed by atoms with van der Waals surface area (Å²) in [5, 5.41) is 3.36. The Labute approximate surface area is 99.2 Å². The Morgan fingerprint density at radius 1 is 1.19 bits per heavy atom. The van der Waals surface area contributed by atoms with E-state index in [2.05, 4.69) is 45.1 Å². The smallest absolute Gasteiger partial charge is 0.0334 e. The fourth-order valence-corrected chi connectivity index (χ4v) is 2.13. The van der Waals surface area contributed by atoms with Gasteiger partial charge < -0.3 is 11.1 Å². The van der Waals surface area contributed by atoms with Gasteiger partial charge in [0.2, 0.25) is 0 Å². The summed E-state index contributed by atoms with van der Waals surface area (Å²) in [6.07, 6.45) is 0.972. The molecule has 0 aromatic heterocycles. The Balaban J connectivity index is 3.06. The maximum absolute atomic E-state index is 5.88. The second-order valence-electron chi connectivity index (χ2n) is 4.78. The lowest BCUT2D eigenvalue weighted by Gasteiger charge is -2.22. The minimum Gasteiger partial charge on any atom is -0.328 e. The molecule has 0 bridgehead atoms. The van der Waals surface area contributed by atoms with Crippen molar-refractivity contribution in [2.24, 2.45) is 5.73 Å². The van der Waals surface area contributed by atoms with Crippen molar-refractivity contribution in [1.29, 1.82) is 0 Å². The summed E-state index contributed by atoms with van der Waals surface area (Å²) in [5.74, 6) is 0. The lowest BCUT2D eigenvalue weighted by atomic mass is 9.91. The first kappa shape index (κ1) is 13.2. The summed E-state index contributed by atoms with van der Waals surface area (Å²) in [7, 11) is 2.00. The van der Waals surface area contributed by atoms with E-state index in [9.17, 15) is 0 Å². The molecule has 3 N–H and O–H groups in total. The topological polar surface area (TPSA) is 38.0 Å². The number of rotatable bonds is 4. The Kier molecular flexibility index (Phi) is 4.51. The van der Waals surface area contributed by atoms with Crippen molar-refractivity contribution in [3.63, 3.8) is 0 Å². The minimum atomic E-state index is 0.221. The number of hydrogen-bond donors (Lipinski definition) is 2. The van der Waals surface area contributed by atoms with Gasteiger partial charge in [-0.25, -0.2) is 0 Å². The number of nitrogens with one attached hydrogen (secondary N) is 1. The van der Waals surface area contributed by atoms with Crippen LogP contribution in [0.25, 0.3) is 0 Å². The van der Waals surface area contributed by atoms with Crippen molar-refractivity contribution in [1.82, 2.24) is 5.32 Å². The molecule has 0 amide bonds. The molecule has 2 unspecified atom stereocenters. The predicted molar refractivity (Wildman–Crippen MR) is 70.7 cm³/mol. The molecular formula is C14H24N2. The highest BCUT2D eigenvalue weighted by molar-refractivity contribution is 5.40. The van der Waals surface area contributed by atoms with Crippen LogP contribution >= 0.6 is 0 Å². The zero-order valence-electron chi connectivity index (χ0n) is 11.1. The number of aryl methyl sites for hydroxylation is 1. The molecule has 0 fully saturated rings. The Hall–Kier alpha value is -0.860. The minimum absolute atomic E-state index is 0.221. The third-order valence-electron chi connectivity index (χ3n) is 3.43. The van der Waals surface area contributed by atoms with Gasteiger partial charge in [-0.1, -0.05) is 12.1 Å². The molecule has 0 aliphatic heterocycles. The number of hydrogen-bond acceptors (Lipinski definition) is 2. The molecule has 2 heteroatoms. The molecule has 1 aromatic carbocycles. The first-order valence-electron chi connectivity index (χ1n) is 5.97. The summed E-state index contributed by atoms with van der Waals surface area (Å²) in [6, 6.07) is 5.00. The van der Waals surface area contributed by atoms with Crippen molar-refractivity contribution in [2.75, 3.05) is 7.05 Å². The molecule has 0 aliphatic carbocycles. The lowest BCUT2D eigenvalue weighted by Crippen LogP contribution is -2.26. The van der Waals surface area contributed by atoms with Gasteiger partial charge in [0.05, 0.1) is 0 Å². The molecule has 0 saturated heterocycles. The molecule has 0 saturated carbocycles. The highest BCUT2D eigenvalue weighted by Gasteiger charge is 2.15. The second-order valence-corrected chi connectivity index (χ2v) is 4.78. The van der Waals surface area contributed by atoms with E-state index in [0.717, 1.165) is 6.42 Å². The first-order valence-corrected chi connectivity index (χ1v) is 5.97. The molecule has 0 heterocycles. The van der Waals surface area contributed by atoms with E-state index in [1.165, 1.54) is 22.3 Å². The highest BCUT2D eigenvalue weighted by Crippen LogP contribution is 2.25. The fourth-order valence-electron chi connectivity index (χ4n) is 2.13. The summed E-state index contributed by atoms with van der Waals surface area (Å²) in [6.45, 7) is 8.60. The van der Waals surface area contributed by atoms with Crippen molar-refractivity contribution in [3.05, 3.63) is 34.4 Å². The van der Waals surface area contributed by atoms with E-state index in [1.807, 2.05) is 7.05 Å². The Morgan fingerprint density at radius 2 is 1.81 bits per heavy atom. The highest BCUT2D eigenvalue weighted by atomic mass is 14.9. The molecule has 1 aromatic rings. The van der Waals surface area contributed by atoms with Crippen LogP contribution in [0.4, 0.5) is 0 Å². The molecule has 90 valence electrons. The van der Waals surface area contributed by atoms with Gasteiger partial charge in [0.1, 0.15) is 0 Å². The first-order chi connectivity index (χ1) is 7.47. The third-order valence-corrected chi connectivity index (χ3v) is 3.43. The van der Waals surface area contributed by atoms with Gasteiger partial charge in [-0.05, 0) is 63.4 Å². The monoisotopic (exact) mass is 220 g/mol. The van der Waals surface area contributed by atoms with Crippen LogP contribution in [0, 0.1) is 20.8 Å². The summed E-state index contributed by atoms with van der Waals surface area (Å²) in [4.78, 5) is 0. The van der Waals surface area contributed by atoms with Crippen LogP contribution in [0.3, 0.4) is 0 Å². The van der Waals surface area contributed by atoms with Crippen LogP contribution in [0.15, 0.2) is 12.1 Å². The van der Waals surface area contributed by atoms with Crippen molar-refractivity contribution < 1.29 is 0 Å². The van der Waals surface area contributed by atoms with Gasteiger partial charge in [-0.3, -0.25) is 0 Å². The van der Waals surface area contributed by atoms with E-state index in [1.54, 1.807) is 0 Å². The average molecular weight is 220 g/mol. The summed E-state index contributed by atoms with van der Waals surface area (Å²) < 4.78 is 0. The van der Waals surface area contributed by atoms with Crippen LogP contribution in [-0.4, -0.2) is 13.1 Å². The molecule has 0 spiro atoms. The number of nitrogens with two attached hydrogens (primary N) is 1. The zero-order valence-corrected chi connectivity index (χ0v) is 11.1. The molecular weight excluding hydrogens is 196 g/mol.